The molecule has 1 aliphatic carbocycles. The minimum absolute atomic E-state index is 0.544. The van der Waals surface area contributed by atoms with Crippen LogP contribution < -0.4 is 4.90 Å². The Hall–Kier alpha value is -1.80. The molecule has 2 aromatic rings. The fourth-order valence-corrected chi connectivity index (χ4v) is 4.88. The average Bonchev–Trinajstić information content (AvgIpc) is 2.70. The summed E-state index contributed by atoms with van der Waals surface area (Å²) in [4.78, 5) is 5.29. The number of anilines is 1. The molecule has 2 nitrogen and oxygen atoms in total. The minimum atomic E-state index is 0.544. The van der Waals surface area contributed by atoms with E-state index in [4.69, 9.17) is 0 Å². The number of fused-ring (bicyclic) bond motifs is 2. The highest BCUT2D eigenvalue weighted by atomic mass is 15.3. The SMILES string of the molecule is CN1CCN2c3ccccc3Cc3cccc4c3[C@@H]2[C@H]1CC4. The summed E-state index contributed by atoms with van der Waals surface area (Å²) in [6.45, 7) is 2.31. The normalized spacial score (nSPS) is 26.1. The second-order valence-corrected chi connectivity index (χ2v) is 7.02. The Morgan fingerprint density at radius 1 is 0.909 bits per heavy atom. The van der Waals surface area contributed by atoms with Crippen molar-refractivity contribution in [3.05, 3.63) is 64.7 Å². The van der Waals surface area contributed by atoms with Crippen LogP contribution in [0.15, 0.2) is 42.5 Å². The molecule has 5 rings (SSSR count). The van der Waals surface area contributed by atoms with E-state index in [9.17, 15) is 0 Å². The number of aryl methyl sites for hydroxylation is 1. The highest BCUT2D eigenvalue weighted by Gasteiger charge is 2.42. The highest BCUT2D eigenvalue weighted by molar-refractivity contribution is 5.62. The first kappa shape index (κ1) is 12.7. The molecule has 2 atom stereocenters. The summed E-state index contributed by atoms with van der Waals surface area (Å²) in [5.41, 5.74) is 7.74. The van der Waals surface area contributed by atoms with E-state index in [0.717, 1.165) is 13.0 Å². The zero-order valence-corrected chi connectivity index (χ0v) is 13.1. The molecule has 0 amide bonds. The molecule has 0 unspecified atom stereocenters. The van der Waals surface area contributed by atoms with Gasteiger partial charge >= 0.3 is 0 Å². The van der Waals surface area contributed by atoms with E-state index in [2.05, 4.69) is 59.3 Å². The van der Waals surface area contributed by atoms with Gasteiger partial charge < -0.3 is 4.90 Å². The Labute approximate surface area is 132 Å². The maximum absolute atomic E-state index is 2.70. The summed E-state index contributed by atoms with van der Waals surface area (Å²) in [5.74, 6) is 0. The van der Waals surface area contributed by atoms with Gasteiger partial charge in [-0.2, -0.15) is 0 Å². The van der Waals surface area contributed by atoms with Gasteiger partial charge in [0.05, 0.1) is 6.04 Å². The lowest BCUT2D eigenvalue weighted by molar-refractivity contribution is 0.157. The number of nitrogens with zero attached hydrogens (tertiary/aromatic N) is 2. The van der Waals surface area contributed by atoms with Crippen molar-refractivity contribution < 1.29 is 0 Å². The third-order valence-corrected chi connectivity index (χ3v) is 5.93. The molecule has 3 aliphatic rings. The number of piperazine rings is 1. The molecule has 1 saturated heterocycles. The van der Waals surface area contributed by atoms with E-state index >= 15 is 0 Å². The van der Waals surface area contributed by atoms with Crippen molar-refractivity contribution in [1.82, 2.24) is 4.90 Å². The van der Waals surface area contributed by atoms with Gasteiger partial charge in [-0.15, -0.1) is 0 Å². The van der Waals surface area contributed by atoms with Crippen molar-refractivity contribution in [2.24, 2.45) is 0 Å². The smallest absolute Gasteiger partial charge is 0.0703 e. The summed E-state index contributed by atoms with van der Waals surface area (Å²) in [6, 6.07) is 17.2. The monoisotopic (exact) mass is 290 g/mol. The van der Waals surface area contributed by atoms with Crippen LogP contribution in [0.25, 0.3) is 0 Å². The molecule has 1 fully saturated rings. The molecule has 0 radical (unpaired) electrons. The second kappa shape index (κ2) is 4.60. The molecule has 0 spiro atoms. The van der Waals surface area contributed by atoms with Crippen molar-refractivity contribution in [3.8, 4) is 0 Å². The molecular formula is C20H22N2. The first-order valence-electron chi connectivity index (χ1n) is 8.48. The first-order chi connectivity index (χ1) is 10.8. The Morgan fingerprint density at radius 2 is 1.73 bits per heavy atom. The highest BCUT2D eigenvalue weighted by Crippen LogP contribution is 2.46. The number of para-hydroxylation sites is 1. The van der Waals surface area contributed by atoms with Crippen molar-refractivity contribution in [3.63, 3.8) is 0 Å². The predicted molar refractivity (Wildman–Crippen MR) is 90.5 cm³/mol. The Morgan fingerprint density at radius 3 is 2.68 bits per heavy atom. The minimum Gasteiger partial charge on any atom is -0.361 e. The van der Waals surface area contributed by atoms with Crippen LogP contribution in [0.4, 0.5) is 5.69 Å². The van der Waals surface area contributed by atoms with E-state index < -0.39 is 0 Å². The fourth-order valence-electron chi connectivity index (χ4n) is 4.88. The maximum Gasteiger partial charge on any atom is 0.0703 e. The van der Waals surface area contributed by atoms with Crippen molar-refractivity contribution in [2.45, 2.75) is 31.3 Å². The third-order valence-electron chi connectivity index (χ3n) is 5.93. The third kappa shape index (κ3) is 1.65. The number of hydrogen-bond acceptors (Lipinski definition) is 2. The average molecular weight is 290 g/mol. The van der Waals surface area contributed by atoms with Crippen molar-refractivity contribution >= 4 is 5.69 Å². The lowest BCUT2D eigenvalue weighted by Crippen LogP contribution is -2.55. The van der Waals surface area contributed by atoms with Crippen molar-refractivity contribution in [1.29, 1.82) is 0 Å². The van der Waals surface area contributed by atoms with E-state index in [-0.39, 0.29) is 0 Å². The van der Waals surface area contributed by atoms with Crippen LogP contribution >= 0.6 is 0 Å². The van der Waals surface area contributed by atoms with Crippen LogP contribution in [-0.2, 0) is 12.8 Å². The van der Waals surface area contributed by atoms with Crippen LogP contribution in [0.2, 0.25) is 0 Å². The molecule has 112 valence electrons. The van der Waals surface area contributed by atoms with Gasteiger partial charge in [0.25, 0.3) is 0 Å². The van der Waals surface area contributed by atoms with Crippen LogP contribution in [-0.4, -0.2) is 31.1 Å². The summed E-state index contributed by atoms with van der Waals surface area (Å²) in [5, 5.41) is 0. The number of benzene rings is 2. The van der Waals surface area contributed by atoms with Crippen LogP contribution in [0.1, 0.15) is 34.7 Å². The van der Waals surface area contributed by atoms with Gasteiger partial charge in [-0.3, -0.25) is 4.90 Å². The Kier molecular flexibility index (Phi) is 2.66. The number of rotatable bonds is 0. The summed E-state index contributed by atoms with van der Waals surface area (Å²) < 4.78 is 0. The van der Waals surface area contributed by atoms with Crippen molar-refractivity contribution in [2.75, 3.05) is 25.0 Å². The number of hydrogen-bond donors (Lipinski definition) is 0. The molecule has 2 aliphatic heterocycles. The standard InChI is InChI=1S/C20H22N2/c1-21-11-12-22-17-8-3-2-5-15(17)13-16-7-4-6-14-9-10-18(21)20(22)19(14)16/h2-8,18,20H,9-13H2,1H3/t18-,20+/m1/s1. The van der Waals surface area contributed by atoms with E-state index in [0.29, 0.717) is 12.1 Å². The summed E-state index contributed by atoms with van der Waals surface area (Å²) >= 11 is 0. The van der Waals surface area contributed by atoms with Crippen LogP contribution in [0.5, 0.6) is 0 Å². The maximum atomic E-state index is 2.70. The number of likely N-dealkylation sites (N-methyl/N-ethyl adjacent to an activating group) is 1. The Bertz CT molecular complexity index is 736. The molecule has 0 N–H and O–H groups in total. The van der Waals surface area contributed by atoms with Gasteiger partial charge in [0, 0.05) is 24.8 Å². The molecule has 0 bridgehead atoms. The van der Waals surface area contributed by atoms with Gasteiger partial charge in [-0.05, 0) is 54.6 Å². The zero-order valence-electron chi connectivity index (χ0n) is 13.1. The van der Waals surface area contributed by atoms with Gasteiger partial charge in [-0.1, -0.05) is 36.4 Å². The van der Waals surface area contributed by atoms with Gasteiger partial charge in [0.2, 0.25) is 0 Å². The molecule has 22 heavy (non-hydrogen) atoms. The molecular weight excluding hydrogens is 268 g/mol. The fraction of sp³-hybridized carbons (Fsp3) is 0.400. The van der Waals surface area contributed by atoms with E-state index in [1.54, 1.807) is 16.7 Å². The first-order valence-corrected chi connectivity index (χ1v) is 8.48. The molecule has 2 heteroatoms. The molecule has 0 aromatic heterocycles. The largest absolute Gasteiger partial charge is 0.361 e. The summed E-state index contributed by atoms with van der Waals surface area (Å²) in [6.07, 6.45) is 3.61. The van der Waals surface area contributed by atoms with Gasteiger partial charge in [0.1, 0.15) is 0 Å². The van der Waals surface area contributed by atoms with Gasteiger partial charge in [0.15, 0.2) is 0 Å². The Balaban J connectivity index is 1.79. The summed E-state index contributed by atoms with van der Waals surface area (Å²) in [7, 11) is 2.31. The van der Waals surface area contributed by atoms with E-state index in [1.165, 1.54) is 30.6 Å². The quantitative estimate of drug-likeness (QED) is 0.734. The predicted octanol–water partition coefficient (Wildman–Crippen LogP) is 3.40. The van der Waals surface area contributed by atoms with E-state index in [1.807, 2.05) is 0 Å². The topological polar surface area (TPSA) is 6.48 Å². The van der Waals surface area contributed by atoms with Gasteiger partial charge in [-0.25, -0.2) is 0 Å². The zero-order chi connectivity index (χ0) is 14.7. The molecule has 0 saturated carbocycles. The lowest BCUT2D eigenvalue weighted by atomic mass is 9.79. The molecule has 2 heterocycles. The van der Waals surface area contributed by atoms with Crippen LogP contribution in [0.3, 0.4) is 0 Å². The lowest BCUT2D eigenvalue weighted by Gasteiger charge is -2.50. The molecule has 2 aromatic carbocycles. The second-order valence-electron chi connectivity index (χ2n) is 7.02. The van der Waals surface area contributed by atoms with Crippen LogP contribution in [0, 0.1) is 0 Å².